The molecule has 0 aliphatic heterocycles. The Bertz CT molecular complexity index is 346. The summed E-state index contributed by atoms with van der Waals surface area (Å²) in [6.07, 6.45) is 0. The van der Waals surface area contributed by atoms with Crippen LogP contribution in [0.2, 0.25) is 0 Å². The average molecular weight is 284 g/mol. The van der Waals surface area contributed by atoms with E-state index in [0.29, 0.717) is 0 Å². The molecule has 0 bridgehead atoms. The molecule has 0 atom stereocenters. The van der Waals surface area contributed by atoms with E-state index in [1.165, 1.54) is 0 Å². The van der Waals surface area contributed by atoms with Gasteiger partial charge in [0, 0.05) is 0 Å². The van der Waals surface area contributed by atoms with E-state index in [-0.39, 0.29) is 10.7 Å². The van der Waals surface area contributed by atoms with Crippen LogP contribution in [0, 0.1) is 0 Å². The van der Waals surface area contributed by atoms with Gasteiger partial charge in [-0.25, -0.2) is 4.98 Å². The summed E-state index contributed by atoms with van der Waals surface area (Å²) in [4.78, 5) is 2.68. The van der Waals surface area contributed by atoms with Crippen LogP contribution in [0.1, 0.15) is 0 Å². The molecule has 76 valence electrons. The molecule has 1 aromatic rings. The molecule has 1 rings (SSSR count). The minimum atomic E-state index is -9.60. The monoisotopic (exact) mass is 283 g/mol. The molecule has 0 spiro atoms. The third kappa shape index (κ3) is 2.80. The van der Waals surface area contributed by atoms with Crippen molar-refractivity contribution in [3.8, 4) is 0 Å². The molecule has 1 nitrogen and oxygen atoms in total. The molecule has 0 saturated heterocycles. The van der Waals surface area contributed by atoms with Crippen LogP contribution in [0.4, 0.5) is 19.4 Å². The topological polar surface area (TPSA) is 12.9 Å². The summed E-state index contributed by atoms with van der Waals surface area (Å²) in [5.74, 6) is 0. The van der Waals surface area contributed by atoms with Gasteiger partial charge in [0.15, 0.2) is 5.03 Å². The first-order valence-corrected chi connectivity index (χ1v) is 5.60. The van der Waals surface area contributed by atoms with Crippen molar-refractivity contribution in [3.63, 3.8) is 0 Å². The van der Waals surface area contributed by atoms with Gasteiger partial charge in [-0.2, -0.15) is 0 Å². The van der Waals surface area contributed by atoms with Crippen molar-refractivity contribution in [1.82, 2.24) is 4.98 Å². The third-order valence-electron chi connectivity index (χ3n) is 1.08. The Morgan fingerprint density at radius 2 is 1.62 bits per heavy atom. The largest absolute Gasteiger partial charge is 0.325 e. The summed E-state index contributed by atoms with van der Waals surface area (Å²) in [6.45, 7) is 0. The van der Waals surface area contributed by atoms with E-state index >= 15 is 0 Å². The number of rotatable bonds is 1. The Morgan fingerprint density at radius 1 is 1.08 bits per heavy atom. The second-order valence-corrected chi connectivity index (χ2v) is 5.44. The van der Waals surface area contributed by atoms with Crippen LogP contribution < -0.4 is 0 Å². The second-order valence-electron chi connectivity index (χ2n) is 2.27. The van der Waals surface area contributed by atoms with Crippen molar-refractivity contribution in [2.75, 3.05) is 0 Å². The highest BCUT2D eigenvalue weighted by Crippen LogP contribution is 3.01. The van der Waals surface area contributed by atoms with Crippen molar-refractivity contribution >= 4 is 26.2 Å². The van der Waals surface area contributed by atoms with Crippen molar-refractivity contribution in [2.24, 2.45) is 0 Å². The number of halogens is 6. The fourth-order valence-corrected chi connectivity index (χ4v) is 1.67. The molecular weight excluding hydrogens is 281 g/mol. The average Bonchev–Trinajstić information content (AvgIpc) is 1.82. The van der Waals surface area contributed by atoms with Crippen LogP contribution >= 0.6 is 26.2 Å². The van der Waals surface area contributed by atoms with E-state index in [9.17, 15) is 19.4 Å². The lowest BCUT2D eigenvalue weighted by Crippen LogP contribution is -2.08. The normalized spacial score (nSPS) is 17.7. The van der Waals surface area contributed by atoms with Gasteiger partial charge in [-0.3, -0.25) is 0 Å². The first-order valence-electron chi connectivity index (χ1n) is 2.86. The molecule has 0 N–H and O–H groups in total. The maximum atomic E-state index is 12.0. The van der Waals surface area contributed by atoms with Gasteiger partial charge in [-0.15, -0.1) is 0 Å². The quantitative estimate of drug-likeness (QED) is 0.546. The van der Waals surface area contributed by atoms with Crippen LogP contribution in [0.5, 0.6) is 0 Å². The molecule has 13 heavy (non-hydrogen) atoms. The van der Waals surface area contributed by atoms with E-state index < -0.39 is 15.3 Å². The lowest BCUT2D eigenvalue weighted by molar-refractivity contribution is 0.358. The Balaban J connectivity index is 3.41. The van der Waals surface area contributed by atoms with Crippen molar-refractivity contribution in [3.05, 3.63) is 22.8 Å². The molecular formula is C5H3BrF5NS. The van der Waals surface area contributed by atoms with E-state index in [4.69, 9.17) is 0 Å². The number of pyridine rings is 1. The van der Waals surface area contributed by atoms with Gasteiger partial charge in [0.05, 0.1) is 0 Å². The van der Waals surface area contributed by atoms with Crippen molar-refractivity contribution in [2.45, 2.75) is 5.03 Å². The first kappa shape index (κ1) is 10.7. The number of aromatic nitrogens is 1. The van der Waals surface area contributed by atoms with E-state index in [0.717, 1.165) is 12.1 Å². The van der Waals surface area contributed by atoms with Crippen LogP contribution in [0.3, 0.4) is 0 Å². The molecule has 0 aliphatic rings. The SMILES string of the molecule is FS(F)(F)(F)(F)c1cccc(Br)n1. The maximum Gasteiger partial charge on any atom is 0.325 e. The van der Waals surface area contributed by atoms with Gasteiger partial charge in [0.1, 0.15) is 4.60 Å². The Morgan fingerprint density at radius 3 is 1.92 bits per heavy atom. The predicted octanol–water partition coefficient (Wildman–Crippen LogP) is 4.50. The van der Waals surface area contributed by atoms with Crippen LogP contribution in [-0.2, 0) is 0 Å². The van der Waals surface area contributed by atoms with Gasteiger partial charge in [-0.1, -0.05) is 25.5 Å². The van der Waals surface area contributed by atoms with Crippen LogP contribution in [0.25, 0.3) is 0 Å². The Hall–Kier alpha value is -0.370. The highest BCUT2D eigenvalue weighted by Gasteiger charge is 2.67. The van der Waals surface area contributed by atoms with Gasteiger partial charge in [0.2, 0.25) is 0 Å². The second kappa shape index (κ2) is 2.17. The molecule has 0 fully saturated rings. The Labute approximate surface area is 78.8 Å². The molecule has 1 aromatic heterocycles. The van der Waals surface area contributed by atoms with E-state index in [2.05, 4.69) is 20.9 Å². The van der Waals surface area contributed by atoms with Gasteiger partial charge < -0.3 is 0 Å². The minimum Gasteiger partial charge on any atom is -0.226 e. The van der Waals surface area contributed by atoms with E-state index in [1.54, 1.807) is 0 Å². The highest BCUT2D eigenvalue weighted by atomic mass is 79.9. The first-order chi connectivity index (χ1) is 5.49. The maximum absolute atomic E-state index is 12.0. The fraction of sp³-hybridized carbons (Fsp3) is 0. The summed E-state index contributed by atoms with van der Waals surface area (Å²) in [6, 6.07) is 2.23. The summed E-state index contributed by atoms with van der Waals surface area (Å²) < 4.78 is 59.9. The molecule has 0 unspecified atom stereocenters. The number of hydrogen-bond donors (Lipinski definition) is 0. The smallest absolute Gasteiger partial charge is 0.226 e. The Kier molecular flexibility index (Phi) is 1.78. The summed E-state index contributed by atoms with van der Waals surface area (Å²) >= 11 is 2.58. The zero-order valence-electron chi connectivity index (χ0n) is 5.86. The standard InChI is InChI=1S/C5H3BrF5NS/c6-4-2-1-3-5(12-4)13(7,8,9,10)11/h1-3H. The predicted molar refractivity (Wildman–Crippen MR) is 43.3 cm³/mol. The van der Waals surface area contributed by atoms with Gasteiger partial charge >= 0.3 is 10.2 Å². The van der Waals surface area contributed by atoms with Crippen molar-refractivity contribution < 1.29 is 19.4 Å². The van der Waals surface area contributed by atoms with Gasteiger partial charge in [0.25, 0.3) is 0 Å². The molecule has 1 heterocycles. The summed E-state index contributed by atoms with van der Waals surface area (Å²) in [5.41, 5.74) is 0. The molecule has 0 aromatic carbocycles. The number of nitrogens with zero attached hydrogens (tertiary/aromatic N) is 1. The molecule has 0 amide bonds. The number of hydrogen-bond acceptors (Lipinski definition) is 1. The van der Waals surface area contributed by atoms with Crippen LogP contribution in [0.15, 0.2) is 27.8 Å². The zero-order valence-corrected chi connectivity index (χ0v) is 8.26. The molecule has 0 saturated carbocycles. The molecule has 0 radical (unpaired) electrons. The lowest BCUT2D eigenvalue weighted by Gasteiger charge is -2.39. The lowest BCUT2D eigenvalue weighted by atomic mass is 10.5. The molecule has 0 aliphatic carbocycles. The summed E-state index contributed by atoms with van der Waals surface area (Å²) in [5, 5.41) is -2.13. The zero-order chi connectivity index (χ0) is 10.4. The highest BCUT2D eigenvalue weighted by molar-refractivity contribution is 9.10. The fourth-order valence-electron chi connectivity index (χ4n) is 0.604. The summed E-state index contributed by atoms with van der Waals surface area (Å²) in [7, 11) is -9.60. The van der Waals surface area contributed by atoms with Gasteiger partial charge in [-0.05, 0) is 28.1 Å². The molecule has 8 heteroatoms. The minimum absolute atomic E-state index is 0.242. The van der Waals surface area contributed by atoms with Crippen molar-refractivity contribution in [1.29, 1.82) is 0 Å². The van der Waals surface area contributed by atoms with E-state index in [1.807, 2.05) is 0 Å². The third-order valence-corrected chi connectivity index (χ3v) is 2.54. The van der Waals surface area contributed by atoms with Crippen LogP contribution in [-0.4, -0.2) is 4.98 Å².